The van der Waals surface area contributed by atoms with E-state index in [0.29, 0.717) is 22.4 Å². The first-order chi connectivity index (χ1) is 7.75. The van der Waals surface area contributed by atoms with Crippen LogP contribution in [0.4, 0.5) is 0 Å². The molecule has 1 aromatic rings. The van der Waals surface area contributed by atoms with Crippen molar-refractivity contribution in [1.82, 2.24) is 10.6 Å². The number of hydrogen-bond donors (Lipinski definition) is 2. The molecule has 88 valence electrons. The zero-order chi connectivity index (χ0) is 11.4. The molecule has 1 atom stereocenters. The van der Waals surface area contributed by atoms with Crippen molar-refractivity contribution in [3.05, 3.63) is 21.3 Å². The minimum atomic E-state index is -0.0794. The Bertz CT molecular complexity index is 363. The van der Waals surface area contributed by atoms with Gasteiger partial charge in [-0.05, 0) is 12.1 Å². The zero-order valence-corrected chi connectivity index (χ0v) is 10.2. The summed E-state index contributed by atoms with van der Waals surface area (Å²) in [6, 6.07) is 3.66. The van der Waals surface area contributed by atoms with Crippen LogP contribution in [0.25, 0.3) is 0 Å². The Labute approximate surface area is 103 Å². The molecule has 1 aliphatic heterocycles. The number of halogens is 1. The minimum absolute atomic E-state index is 0.0794. The predicted octanol–water partition coefficient (Wildman–Crippen LogP) is 1.12. The van der Waals surface area contributed by atoms with Gasteiger partial charge in [0.15, 0.2) is 0 Å². The van der Waals surface area contributed by atoms with Gasteiger partial charge >= 0.3 is 0 Å². The molecular formula is C10H13ClN2O2S. The van der Waals surface area contributed by atoms with Crippen molar-refractivity contribution >= 4 is 28.8 Å². The fraction of sp³-hybridized carbons (Fsp3) is 0.500. The Kier molecular flexibility index (Phi) is 4.17. The Hall–Kier alpha value is -0.620. The average Bonchev–Trinajstić information content (AvgIpc) is 2.74. The molecule has 2 rings (SSSR count). The Morgan fingerprint density at radius 2 is 2.56 bits per heavy atom. The molecule has 6 heteroatoms. The van der Waals surface area contributed by atoms with Gasteiger partial charge < -0.3 is 15.4 Å². The lowest BCUT2D eigenvalue weighted by Crippen LogP contribution is -2.48. The summed E-state index contributed by atoms with van der Waals surface area (Å²) in [5, 5.41) is 6.12. The maximum Gasteiger partial charge on any atom is 0.261 e. The van der Waals surface area contributed by atoms with Crippen molar-refractivity contribution in [3.8, 4) is 0 Å². The highest BCUT2D eigenvalue weighted by molar-refractivity contribution is 7.17. The van der Waals surface area contributed by atoms with Gasteiger partial charge in [-0.1, -0.05) is 11.6 Å². The van der Waals surface area contributed by atoms with Gasteiger partial charge in [-0.25, -0.2) is 0 Å². The predicted molar refractivity (Wildman–Crippen MR) is 64.3 cm³/mol. The van der Waals surface area contributed by atoms with E-state index < -0.39 is 0 Å². The zero-order valence-electron chi connectivity index (χ0n) is 8.66. The molecule has 0 aromatic carbocycles. The Morgan fingerprint density at radius 3 is 3.19 bits per heavy atom. The van der Waals surface area contributed by atoms with E-state index in [1.54, 1.807) is 12.1 Å². The lowest BCUT2D eigenvalue weighted by atomic mass is 10.3. The molecular weight excluding hydrogens is 248 g/mol. The largest absolute Gasteiger partial charge is 0.378 e. The number of morpholine rings is 1. The highest BCUT2D eigenvalue weighted by Crippen LogP contribution is 2.20. The first-order valence-electron chi connectivity index (χ1n) is 5.10. The summed E-state index contributed by atoms with van der Waals surface area (Å²) in [6.07, 6.45) is 0. The minimum Gasteiger partial charge on any atom is -0.378 e. The third kappa shape index (κ3) is 3.18. The van der Waals surface area contributed by atoms with E-state index in [2.05, 4.69) is 10.6 Å². The first kappa shape index (κ1) is 11.9. The number of carbonyl (C=O) groups excluding carboxylic acids is 1. The topological polar surface area (TPSA) is 50.4 Å². The van der Waals surface area contributed by atoms with Crippen molar-refractivity contribution in [1.29, 1.82) is 0 Å². The molecule has 1 fully saturated rings. The summed E-state index contributed by atoms with van der Waals surface area (Å²) >= 11 is 7.04. The first-order valence-corrected chi connectivity index (χ1v) is 6.30. The summed E-state index contributed by atoms with van der Waals surface area (Å²) in [7, 11) is 0. The van der Waals surface area contributed by atoms with Gasteiger partial charge in [-0.15, -0.1) is 11.3 Å². The smallest absolute Gasteiger partial charge is 0.261 e. The van der Waals surface area contributed by atoms with Crippen LogP contribution in [0.15, 0.2) is 12.1 Å². The standard InChI is InChI=1S/C10H13ClN2O2S/c11-9-2-1-8(16-9)10(14)13-5-7-6-15-4-3-12-7/h1-2,7,12H,3-6H2,(H,13,14). The molecule has 4 nitrogen and oxygen atoms in total. The van der Waals surface area contributed by atoms with Crippen molar-refractivity contribution < 1.29 is 9.53 Å². The van der Waals surface area contributed by atoms with Crippen LogP contribution in [0.5, 0.6) is 0 Å². The van der Waals surface area contributed by atoms with Crippen LogP contribution in [-0.2, 0) is 4.74 Å². The lowest BCUT2D eigenvalue weighted by molar-refractivity contribution is 0.0735. The molecule has 16 heavy (non-hydrogen) atoms. The van der Waals surface area contributed by atoms with Crippen molar-refractivity contribution in [3.63, 3.8) is 0 Å². The molecule has 0 radical (unpaired) electrons. The van der Waals surface area contributed by atoms with Crippen molar-refractivity contribution in [2.45, 2.75) is 6.04 Å². The van der Waals surface area contributed by atoms with Crippen LogP contribution < -0.4 is 10.6 Å². The highest BCUT2D eigenvalue weighted by Gasteiger charge is 2.15. The molecule has 0 spiro atoms. The van der Waals surface area contributed by atoms with E-state index in [4.69, 9.17) is 16.3 Å². The van der Waals surface area contributed by atoms with Gasteiger partial charge in [0.05, 0.1) is 22.4 Å². The fourth-order valence-corrected chi connectivity index (χ4v) is 2.45. The second-order valence-electron chi connectivity index (χ2n) is 3.54. The van der Waals surface area contributed by atoms with Gasteiger partial charge in [0.25, 0.3) is 5.91 Å². The molecule has 2 N–H and O–H groups in total. The van der Waals surface area contributed by atoms with Gasteiger partial charge in [-0.3, -0.25) is 4.79 Å². The van der Waals surface area contributed by atoms with Gasteiger partial charge in [0, 0.05) is 19.1 Å². The Balaban J connectivity index is 1.79. The van der Waals surface area contributed by atoms with Crippen LogP contribution in [0.2, 0.25) is 4.34 Å². The van der Waals surface area contributed by atoms with Crippen molar-refractivity contribution in [2.24, 2.45) is 0 Å². The number of nitrogens with one attached hydrogen (secondary N) is 2. The summed E-state index contributed by atoms with van der Waals surface area (Å²) in [6.45, 7) is 2.80. The van der Waals surface area contributed by atoms with E-state index >= 15 is 0 Å². The van der Waals surface area contributed by atoms with Crippen LogP contribution in [0.3, 0.4) is 0 Å². The molecule has 1 aliphatic rings. The molecule has 1 unspecified atom stereocenters. The number of amides is 1. The molecule has 1 saturated heterocycles. The monoisotopic (exact) mass is 260 g/mol. The van der Waals surface area contributed by atoms with Crippen LogP contribution >= 0.6 is 22.9 Å². The van der Waals surface area contributed by atoms with Crippen LogP contribution in [-0.4, -0.2) is 38.3 Å². The van der Waals surface area contributed by atoms with E-state index in [1.165, 1.54) is 11.3 Å². The average molecular weight is 261 g/mol. The van der Waals surface area contributed by atoms with Crippen molar-refractivity contribution in [2.75, 3.05) is 26.3 Å². The van der Waals surface area contributed by atoms with Crippen LogP contribution in [0, 0.1) is 0 Å². The van der Waals surface area contributed by atoms with Crippen LogP contribution in [0.1, 0.15) is 9.67 Å². The summed E-state index contributed by atoms with van der Waals surface area (Å²) < 4.78 is 5.92. The normalized spacial score (nSPS) is 20.7. The van der Waals surface area contributed by atoms with E-state index in [9.17, 15) is 4.79 Å². The third-order valence-corrected chi connectivity index (χ3v) is 3.53. The Morgan fingerprint density at radius 1 is 1.69 bits per heavy atom. The van der Waals surface area contributed by atoms with E-state index in [1.807, 2.05) is 0 Å². The highest BCUT2D eigenvalue weighted by atomic mass is 35.5. The second kappa shape index (κ2) is 5.63. The summed E-state index contributed by atoms with van der Waals surface area (Å²) in [4.78, 5) is 12.3. The summed E-state index contributed by atoms with van der Waals surface area (Å²) in [5.41, 5.74) is 0. The molecule has 0 saturated carbocycles. The number of carbonyl (C=O) groups is 1. The third-order valence-electron chi connectivity index (χ3n) is 2.30. The number of thiophene rings is 1. The molecule has 0 aliphatic carbocycles. The number of rotatable bonds is 3. The second-order valence-corrected chi connectivity index (χ2v) is 5.25. The van der Waals surface area contributed by atoms with E-state index in [-0.39, 0.29) is 11.9 Å². The molecule has 1 aromatic heterocycles. The number of hydrogen-bond acceptors (Lipinski definition) is 4. The quantitative estimate of drug-likeness (QED) is 0.856. The lowest BCUT2D eigenvalue weighted by Gasteiger charge is -2.23. The molecule has 2 heterocycles. The summed E-state index contributed by atoms with van der Waals surface area (Å²) in [5.74, 6) is -0.0794. The SMILES string of the molecule is O=C(NCC1COCCN1)c1ccc(Cl)s1. The fourth-order valence-electron chi connectivity index (χ4n) is 1.49. The number of ether oxygens (including phenoxy) is 1. The maximum atomic E-state index is 11.7. The van der Waals surface area contributed by atoms with E-state index in [0.717, 1.165) is 13.2 Å². The maximum absolute atomic E-state index is 11.7. The van der Waals surface area contributed by atoms with Gasteiger partial charge in [0.2, 0.25) is 0 Å². The van der Waals surface area contributed by atoms with Gasteiger partial charge in [0.1, 0.15) is 0 Å². The molecule has 1 amide bonds. The van der Waals surface area contributed by atoms with Gasteiger partial charge in [-0.2, -0.15) is 0 Å². The molecule has 0 bridgehead atoms.